The predicted molar refractivity (Wildman–Crippen MR) is 88.2 cm³/mol. The van der Waals surface area contributed by atoms with E-state index in [1.54, 1.807) is 6.20 Å². The molecule has 0 bridgehead atoms. The van der Waals surface area contributed by atoms with Gasteiger partial charge in [-0.25, -0.2) is 0 Å². The summed E-state index contributed by atoms with van der Waals surface area (Å²) in [6, 6.07) is 3.49. The second-order valence-corrected chi connectivity index (χ2v) is 5.83. The summed E-state index contributed by atoms with van der Waals surface area (Å²) in [7, 11) is 0. The first-order chi connectivity index (χ1) is 8.83. The van der Waals surface area contributed by atoms with Gasteiger partial charge >= 0.3 is 0 Å². The molecule has 0 spiro atoms. The average Bonchev–Trinajstić information content (AvgIpc) is 3.10. The first kappa shape index (κ1) is 18.0. The highest BCUT2D eigenvalue weighted by atomic mass is 35.5. The molecule has 1 aromatic rings. The fraction of sp³-hybridized carbons (Fsp3) is 0.643. The van der Waals surface area contributed by atoms with Crippen LogP contribution in [0.3, 0.4) is 0 Å². The largest absolute Gasteiger partial charge is 0.313 e. The lowest BCUT2D eigenvalue weighted by molar-refractivity contribution is 0.231. The van der Waals surface area contributed by atoms with Crippen LogP contribution in [0.2, 0.25) is 5.02 Å². The first-order valence-electron chi connectivity index (χ1n) is 6.89. The molecule has 0 amide bonds. The number of aromatic nitrogens is 1. The van der Waals surface area contributed by atoms with Crippen molar-refractivity contribution in [1.29, 1.82) is 0 Å². The molecule has 1 aromatic heterocycles. The van der Waals surface area contributed by atoms with Crippen LogP contribution in [0, 0.1) is 0 Å². The molecule has 2 aliphatic rings. The van der Waals surface area contributed by atoms with Crippen LogP contribution >= 0.6 is 36.4 Å². The fourth-order valence-corrected chi connectivity index (χ4v) is 2.91. The van der Waals surface area contributed by atoms with Crippen LogP contribution in [0.1, 0.15) is 31.2 Å². The van der Waals surface area contributed by atoms with Gasteiger partial charge in [-0.1, -0.05) is 11.6 Å². The summed E-state index contributed by atoms with van der Waals surface area (Å²) in [6.07, 6.45) is 8.90. The normalized spacial score (nSPS) is 21.4. The topological polar surface area (TPSA) is 28.2 Å². The molecule has 114 valence electrons. The van der Waals surface area contributed by atoms with Gasteiger partial charge in [0.1, 0.15) is 0 Å². The van der Waals surface area contributed by atoms with Crippen LogP contribution in [-0.2, 0) is 6.54 Å². The van der Waals surface area contributed by atoms with Crippen LogP contribution in [0.15, 0.2) is 18.5 Å². The molecule has 1 aliphatic heterocycles. The van der Waals surface area contributed by atoms with Gasteiger partial charge < -0.3 is 5.32 Å². The molecule has 3 rings (SSSR count). The van der Waals surface area contributed by atoms with Crippen molar-refractivity contribution in [2.45, 2.75) is 44.3 Å². The van der Waals surface area contributed by atoms with Crippen molar-refractivity contribution in [3.8, 4) is 0 Å². The Labute approximate surface area is 138 Å². The summed E-state index contributed by atoms with van der Waals surface area (Å²) in [5, 5.41) is 4.38. The van der Waals surface area contributed by atoms with Crippen molar-refractivity contribution in [1.82, 2.24) is 15.2 Å². The highest BCUT2D eigenvalue weighted by molar-refractivity contribution is 6.31. The SMILES string of the molecule is Cl.Cl.Clc1cnccc1CN(CC1CCCN1)C1CC1. The summed E-state index contributed by atoms with van der Waals surface area (Å²) in [6.45, 7) is 3.30. The van der Waals surface area contributed by atoms with E-state index in [0.717, 1.165) is 24.2 Å². The van der Waals surface area contributed by atoms with E-state index in [1.807, 2.05) is 12.3 Å². The second kappa shape index (κ2) is 8.40. The van der Waals surface area contributed by atoms with E-state index < -0.39 is 0 Å². The summed E-state index contributed by atoms with van der Waals surface area (Å²) in [4.78, 5) is 6.64. The lowest BCUT2D eigenvalue weighted by atomic mass is 10.2. The number of halogens is 3. The van der Waals surface area contributed by atoms with E-state index in [4.69, 9.17) is 11.6 Å². The summed E-state index contributed by atoms with van der Waals surface area (Å²) in [5.41, 5.74) is 1.21. The quantitative estimate of drug-likeness (QED) is 0.893. The molecule has 1 atom stereocenters. The van der Waals surface area contributed by atoms with Gasteiger partial charge in [-0.05, 0) is 43.9 Å². The molecule has 2 fully saturated rings. The van der Waals surface area contributed by atoms with Gasteiger partial charge in [0.25, 0.3) is 0 Å². The third-order valence-corrected chi connectivity index (χ3v) is 4.25. The lowest BCUT2D eigenvalue weighted by Gasteiger charge is -2.25. The molecule has 0 aromatic carbocycles. The van der Waals surface area contributed by atoms with E-state index in [1.165, 1.54) is 37.8 Å². The number of rotatable bonds is 5. The van der Waals surface area contributed by atoms with Gasteiger partial charge in [0.2, 0.25) is 0 Å². The molecule has 3 nitrogen and oxygen atoms in total. The van der Waals surface area contributed by atoms with Crippen molar-refractivity contribution in [3.63, 3.8) is 0 Å². The maximum absolute atomic E-state index is 6.21. The Morgan fingerprint density at radius 3 is 2.70 bits per heavy atom. The standard InChI is InChI=1S/C14H20ClN3.2ClH/c15-14-8-16-7-5-11(14)9-18(13-3-4-13)10-12-2-1-6-17-12;;/h5,7-8,12-13,17H,1-4,6,9-10H2;2*1H. The number of hydrogen-bond acceptors (Lipinski definition) is 3. The molecule has 20 heavy (non-hydrogen) atoms. The zero-order chi connectivity index (χ0) is 12.4. The molecule has 1 saturated heterocycles. The van der Waals surface area contributed by atoms with Crippen molar-refractivity contribution >= 4 is 36.4 Å². The third kappa shape index (κ3) is 4.74. The van der Waals surface area contributed by atoms with Crippen molar-refractivity contribution in [2.75, 3.05) is 13.1 Å². The van der Waals surface area contributed by atoms with Gasteiger partial charge in [-0.2, -0.15) is 0 Å². The fourth-order valence-electron chi connectivity index (χ4n) is 2.73. The summed E-state index contributed by atoms with van der Waals surface area (Å²) in [5.74, 6) is 0. The van der Waals surface area contributed by atoms with Crippen LogP contribution in [0.5, 0.6) is 0 Å². The van der Waals surface area contributed by atoms with Gasteiger partial charge in [0.15, 0.2) is 0 Å². The van der Waals surface area contributed by atoms with Gasteiger partial charge in [0.05, 0.1) is 5.02 Å². The third-order valence-electron chi connectivity index (χ3n) is 3.91. The number of hydrogen-bond donors (Lipinski definition) is 1. The lowest BCUT2D eigenvalue weighted by Crippen LogP contribution is -2.38. The zero-order valence-corrected chi connectivity index (χ0v) is 13.8. The second-order valence-electron chi connectivity index (χ2n) is 5.42. The van der Waals surface area contributed by atoms with E-state index >= 15 is 0 Å². The van der Waals surface area contributed by atoms with Crippen LogP contribution in [0.25, 0.3) is 0 Å². The van der Waals surface area contributed by atoms with Crippen molar-refractivity contribution in [3.05, 3.63) is 29.0 Å². The van der Waals surface area contributed by atoms with Gasteiger partial charge in [-0.3, -0.25) is 9.88 Å². The highest BCUT2D eigenvalue weighted by Crippen LogP contribution is 2.30. The number of pyridine rings is 1. The van der Waals surface area contributed by atoms with E-state index in [9.17, 15) is 0 Å². The molecule has 6 heteroatoms. The molecule has 1 aliphatic carbocycles. The molecule has 2 heterocycles. The Balaban J connectivity index is 0.000001000. The van der Waals surface area contributed by atoms with E-state index in [2.05, 4.69) is 15.2 Å². The van der Waals surface area contributed by atoms with Crippen molar-refractivity contribution in [2.24, 2.45) is 0 Å². The predicted octanol–water partition coefficient (Wildman–Crippen LogP) is 3.30. The Bertz CT molecular complexity index is 406. The Hall–Kier alpha value is -0.0600. The van der Waals surface area contributed by atoms with Gasteiger partial charge in [0, 0.05) is 37.6 Å². The smallest absolute Gasteiger partial charge is 0.0634 e. The molecular weight excluding hydrogens is 317 g/mol. The van der Waals surface area contributed by atoms with E-state index in [-0.39, 0.29) is 24.8 Å². The monoisotopic (exact) mass is 337 g/mol. The molecule has 1 saturated carbocycles. The number of nitrogens with zero attached hydrogens (tertiary/aromatic N) is 2. The van der Waals surface area contributed by atoms with E-state index in [0.29, 0.717) is 6.04 Å². The molecule has 1 N–H and O–H groups in total. The maximum Gasteiger partial charge on any atom is 0.0634 e. The molecule has 1 unspecified atom stereocenters. The Morgan fingerprint density at radius 1 is 1.30 bits per heavy atom. The molecule has 0 radical (unpaired) electrons. The van der Waals surface area contributed by atoms with Crippen LogP contribution < -0.4 is 5.32 Å². The Kier molecular flexibility index (Phi) is 7.56. The maximum atomic E-state index is 6.21. The number of nitrogens with one attached hydrogen (secondary N) is 1. The minimum Gasteiger partial charge on any atom is -0.313 e. The average molecular weight is 339 g/mol. The van der Waals surface area contributed by atoms with Crippen LogP contribution in [-0.4, -0.2) is 35.1 Å². The summed E-state index contributed by atoms with van der Waals surface area (Å²) >= 11 is 6.21. The summed E-state index contributed by atoms with van der Waals surface area (Å²) < 4.78 is 0. The van der Waals surface area contributed by atoms with Gasteiger partial charge in [-0.15, -0.1) is 24.8 Å². The minimum absolute atomic E-state index is 0. The zero-order valence-electron chi connectivity index (χ0n) is 11.4. The Morgan fingerprint density at radius 2 is 2.10 bits per heavy atom. The minimum atomic E-state index is 0. The molecular formula is C14H22Cl3N3. The highest BCUT2D eigenvalue weighted by Gasteiger charge is 2.31. The first-order valence-corrected chi connectivity index (χ1v) is 7.26. The van der Waals surface area contributed by atoms with Crippen LogP contribution in [0.4, 0.5) is 0 Å². The van der Waals surface area contributed by atoms with Crippen molar-refractivity contribution < 1.29 is 0 Å².